The van der Waals surface area contributed by atoms with E-state index in [-0.39, 0.29) is 16.3 Å². The first-order valence-corrected chi connectivity index (χ1v) is 8.40. The van der Waals surface area contributed by atoms with Crippen molar-refractivity contribution < 1.29 is 18.8 Å². The van der Waals surface area contributed by atoms with Crippen LogP contribution in [-0.4, -0.2) is 18.8 Å². The van der Waals surface area contributed by atoms with Crippen molar-refractivity contribution in [2.24, 2.45) is 10.2 Å². The number of azo groups is 1. The maximum absolute atomic E-state index is 10.5. The second-order valence-corrected chi connectivity index (χ2v) is 6.55. The van der Waals surface area contributed by atoms with Crippen molar-refractivity contribution in [3.63, 3.8) is 0 Å². The Morgan fingerprint density at radius 1 is 0.875 bits per heavy atom. The van der Waals surface area contributed by atoms with E-state index in [1.165, 1.54) is 6.07 Å². The van der Waals surface area contributed by atoms with E-state index < -0.39 is 10.9 Å². The zero-order chi connectivity index (χ0) is 17.3. The van der Waals surface area contributed by atoms with Crippen molar-refractivity contribution in [2.45, 2.75) is 4.90 Å². The molecule has 124 valence electrons. The van der Waals surface area contributed by atoms with Crippen molar-refractivity contribution in [3.8, 4) is 5.75 Å². The van der Waals surface area contributed by atoms with Crippen LogP contribution in [0.2, 0.25) is 0 Å². The largest absolute Gasteiger partial charge is 0.505 e. The second kappa shape index (κ2) is 6.10. The SMILES string of the molecule is Nc1cccc2cc(S(O)(O)O)c(N=Nc3ccccc3)c(O)c12. The lowest BCUT2D eigenvalue weighted by atomic mass is 10.1. The summed E-state index contributed by atoms with van der Waals surface area (Å²) in [6, 6.07) is 14.9. The minimum Gasteiger partial charge on any atom is -0.505 e. The van der Waals surface area contributed by atoms with Crippen LogP contribution in [0.25, 0.3) is 10.8 Å². The maximum atomic E-state index is 10.5. The van der Waals surface area contributed by atoms with E-state index in [2.05, 4.69) is 10.2 Å². The lowest BCUT2D eigenvalue weighted by Gasteiger charge is -2.22. The molecule has 0 bridgehead atoms. The molecule has 0 aromatic heterocycles. The number of phenols is 1. The summed E-state index contributed by atoms with van der Waals surface area (Å²) in [6.45, 7) is 0. The Morgan fingerprint density at radius 2 is 1.58 bits per heavy atom. The van der Waals surface area contributed by atoms with Gasteiger partial charge in [-0.05, 0) is 29.7 Å². The van der Waals surface area contributed by atoms with Crippen LogP contribution in [0.5, 0.6) is 5.75 Å². The smallest absolute Gasteiger partial charge is 0.154 e. The van der Waals surface area contributed by atoms with E-state index in [4.69, 9.17) is 5.73 Å². The predicted octanol–water partition coefficient (Wildman–Crippen LogP) is 5.13. The van der Waals surface area contributed by atoms with Crippen molar-refractivity contribution >= 4 is 38.7 Å². The molecule has 0 amide bonds. The van der Waals surface area contributed by atoms with Gasteiger partial charge < -0.3 is 24.5 Å². The number of anilines is 1. The fraction of sp³-hybridized carbons (Fsp3) is 0. The second-order valence-electron chi connectivity index (χ2n) is 5.07. The van der Waals surface area contributed by atoms with Gasteiger partial charge in [0.1, 0.15) is 16.6 Å². The number of benzene rings is 3. The monoisotopic (exact) mass is 345 g/mol. The van der Waals surface area contributed by atoms with Crippen LogP contribution in [-0.2, 0) is 0 Å². The van der Waals surface area contributed by atoms with Crippen molar-refractivity contribution in [2.75, 3.05) is 5.73 Å². The van der Waals surface area contributed by atoms with E-state index in [1.54, 1.807) is 42.5 Å². The lowest BCUT2D eigenvalue weighted by molar-refractivity contribution is 0.375. The van der Waals surface area contributed by atoms with Crippen molar-refractivity contribution in [3.05, 3.63) is 54.6 Å². The molecule has 0 saturated heterocycles. The van der Waals surface area contributed by atoms with Gasteiger partial charge in [-0.1, -0.05) is 30.3 Å². The number of hydrogen-bond acceptors (Lipinski definition) is 7. The van der Waals surface area contributed by atoms with Crippen LogP contribution in [0, 0.1) is 0 Å². The van der Waals surface area contributed by atoms with Crippen LogP contribution in [0.3, 0.4) is 0 Å². The Hall–Kier alpha value is -2.65. The minimum atomic E-state index is -4.12. The molecule has 8 heteroatoms. The third-order valence-corrected chi connectivity index (χ3v) is 4.33. The summed E-state index contributed by atoms with van der Waals surface area (Å²) in [5, 5.41) is 19.1. The summed E-state index contributed by atoms with van der Waals surface area (Å²) in [5.74, 6) is -0.380. The van der Waals surface area contributed by atoms with Gasteiger partial charge >= 0.3 is 0 Å². The molecule has 3 aromatic rings. The average molecular weight is 345 g/mol. The van der Waals surface area contributed by atoms with Gasteiger partial charge in [-0.25, -0.2) is 0 Å². The average Bonchev–Trinajstić information content (AvgIpc) is 2.54. The molecule has 0 aliphatic rings. The van der Waals surface area contributed by atoms with Gasteiger partial charge in [0.05, 0.1) is 10.6 Å². The molecule has 0 radical (unpaired) electrons. The maximum Gasteiger partial charge on any atom is 0.154 e. The predicted molar refractivity (Wildman–Crippen MR) is 94.4 cm³/mol. The zero-order valence-electron chi connectivity index (χ0n) is 12.4. The molecule has 0 spiro atoms. The Morgan fingerprint density at radius 3 is 2.25 bits per heavy atom. The Labute approximate surface area is 139 Å². The molecule has 24 heavy (non-hydrogen) atoms. The van der Waals surface area contributed by atoms with Crippen molar-refractivity contribution in [1.82, 2.24) is 0 Å². The molecule has 0 aliphatic heterocycles. The topological polar surface area (TPSA) is 132 Å². The van der Waals surface area contributed by atoms with E-state index >= 15 is 0 Å². The molecule has 0 unspecified atom stereocenters. The van der Waals surface area contributed by atoms with Gasteiger partial charge in [0, 0.05) is 11.1 Å². The number of aromatic hydroxyl groups is 1. The molecular formula is C16H15N3O4S. The Bertz CT molecular complexity index is 924. The first-order valence-electron chi connectivity index (χ1n) is 6.89. The van der Waals surface area contributed by atoms with Crippen LogP contribution >= 0.6 is 10.9 Å². The number of fused-ring (bicyclic) bond motifs is 1. The fourth-order valence-corrected chi connectivity index (χ4v) is 3.02. The summed E-state index contributed by atoms with van der Waals surface area (Å²) in [6.07, 6.45) is 0. The van der Waals surface area contributed by atoms with Gasteiger partial charge in [0.2, 0.25) is 0 Å². The van der Waals surface area contributed by atoms with Crippen LogP contribution in [0.4, 0.5) is 17.1 Å². The third kappa shape index (κ3) is 3.03. The molecule has 0 saturated carbocycles. The summed E-state index contributed by atoms with van der Waals surface area (Å²) < 4.78 is 29.0. The van der Waals surface area contributed by atoms with Crippen LogP contribution in [0.1, 0.15) is 0 Å². The van der Waals surface area contributed by atoms with E-state index in [0.29, 0.717) is 22.1 Å². The Balaban J connectivity index is 2.26. The van der Waals surface area contributed by atoms with Crippen LogP contribution < -0.4 is 5.73 Å². The number of nitrogens with zero attached hydrogens (tertiary/aromatic N) is 2. The molecule has 0 aliphatic carbocycles. The normalized spacial score (nSPS) is 12.8. The highest BCUT2D eigenvalue weighted by Gasteiger charge is 2.25. The Kier molecular flexibility index (Phi) is 4.12. The molecular weight excluding hydrogens is 330 g/mol. The molecule has 3 aromatic carbocycles. The van der Waals surface area contributed by atoms with Crippen molar-refractivity contribution in [1.29, 1.82) is 0 Å². The highest BCUT2D eigenvalue weighted by atomic mass is 32.3. The van der Waals surface area contributed by atoms with Gasteiger partial charge in [-0.2, -0.15) is 5.11 Å². The number of nitrogens with two attached hydrogens (primary N) is 1. The molecule has 0 heterocycles. The van der Waals surface area contributed by atoms with Gasteiger partial charge in [-0.15, -0.1) is 5.11 Å². The highest BCUT2D eigenvalue weighted by Crippen LogP contribution is 2.54. The summed E-state index contributed by atoms with van der Waals surface area (Å²) in [4.78, 5) is -0.321. The molecule has 6 N–H and O–H groups in total. The zero-order valence-corrected chi connectivity index (χ0v) is 13.2. The summed E-state index contributed by atoms with van der Waals surface area (Å²) in [5.41, 5.74) is 6.43. The molecule has 7 nitrogen and oxygen atoms in total. The highest BCUT2D eigenvalue weighted by molar-refractivity contribution is 8.19. The van der Waals surface area contributed by atoms with E-state index in [9.17, 15) is 18.8 Å². The van der Waals surface area contributed by atoms with E-state index in [0.717, 1.165) is 0 Å². The first-order chi connectivity index (χ1) is 11.4. The molecule has 0 atom stereocenters. The van der Waals surface area contributed by atoms with Crippen LogP contribution in [0.15, 0.2) is 69.7 Å². The molecule has 0 fully saturated rings. The number of hydrogen-bond donors (Lipinski definition) is 5. The van der Waals surface area contributed by atoms with E-state index in [1.807, 2.05) is 6.07 Å². The minimum absolute atomic E-state index is 0.244. The number of rotatable bonds is 3. The number of nitrogen functional groups attached to an aromatic ring is 1. The standard InChI is InChI=1S/C16H15N3O4S/c17-12-8-4-5-10-9-13(24(21,22)23)15(16(20)14(10)12)19-18-11-6-2-1-3-7-11/h1-9,20-23H,17H2. The van der Waals surface area contributed by atoms with Gasteiger partial charge in [-0.3, -0.25) is 0 Å². The fourth-order valence-electron chi connectivity index (χ4n) is 2.33. The van der Waals surface area contributed by atoms with Gasteiger partial charge in [0.15, 0.2) is 5.75 Å². The van der Waals surface area contributed by atoms with Gasteiger partial charge in [0.25, 0.3) is 0 Å². The first kappa shape index (κ1) is 16.2. The summed E-state index contributed by atoms with van der Waals surface area (Å²) in [7, 11) is -4.12. The number of phenolic OH excluding ortho intramolecular Hbond substituents is 1. The molecule has 3 rings (SSSR count). The quantitative estimate of drug-likeness (QED) is 0.332. The third-order valence-electron chi connectivity index (χ3n) is 3.43. The lowest BCUT2D eigenvalue weighted by Crippen LogP contribution is -1.97. The summed E-state index contributed by atoms with van der Waals surface area (Å²) >= 11 is 0.